The van der Waals surface area contributed by atoms with Gasteiger partial charge in [0.15, 0.2) is 5.75 Å². The number of rotatable bonds is 5. The van der Waals surface area contributed by atoms with E-state index in [9.17, 15) is 18.4 Å². The number of nitrogens with one attached hydrogen (secondary N) is 1. The van der Waals surface area contributed by atoms with Gasteiger partial charge in [-0.05, 0) is 6.92 Å². The molecule has 5 nitrogen and oxygen atoms in total. The van der Waals surface area contributed by atoms with Crippen molar-refractivity contribution < 1.29 is 23.0 Å². The summed E-state index contributed by atoms with van der Waals surface area (Å²) < 4.78 is 34.9. The van der Waals surface area contributed by atoms with Gasteiger partial charge in [-0.2, -0.15) is 0 Å². The highest BCUT2D eigenvalue weighted by atomic mass is 19.3. The summed E-state index contributed by atoms with van der Waals surface area (Å²) in [5.74, 6) is -0.905. The number of aromatic amines is 1. The van der Waals surface area contributed by atoms with Gasteiger partial charge in [0.05, 0.1) is 25.7 Å². The lowest BCUT2D eigenvalue weighted by Gasteiger charge is -2.09. The Labute approximate surface area is 102 Å². The molecule has 0 saturated heterocycles. The lowest BCUT2D eigenvalue weighted by molar-refractivity contribution is -0.142. The second kappa shape index (κ2) is 6.13. The molecule has 0 aliphatic carbocycles. The van der Waals surface area contributed by atoms with Crippen LogP contribution in [0.1, 0.15) is 24.6 Å². The summed E-state index contributed by atoms with van der Waals surface area (Å²) in [5.41, 5.74) is -1.85. The number of carbonyl (C=O) groups is 1. The Balaban J connectivity index is 3.16. The zero-order chi connectivity index (χ0) is 13.7. The maximum atomic E-state index is 12.8. The SMILES string of the molecule is CCOC(=O)Cc1[nH]cc(OC)c(=O)c1C(F)F. The number of ether oxygens (including phenoxy) is 2. The van der Waals surface area contributed by atoms with E-state index in [0.29, 0.717) is 0 Å². The van der Waals surface area contributed by atoms with Crippen LogP contribution in [0.5, 0.6) is 5.75 Å². The third-order valence-electron chi connectivity index (χ3n) is 2.24. The van der Waals surface area contributed by atoms with E-state index >= 15 is 0 Å². The number of hydrogen-bond donors (Lipinski definition) is 1. The molecule has 0 fully saturated rings. The number of pyridine rings is 1. The first-order valence-corrected chi connectivity index (χ1v) is 5.23. The van der Waals surface area contributed by atoms with Crippen molar-refractivity contribution in [1.29, 1.82) is 0 Å². The molecule has 1 aromatic rings. The van der Waals surface area contributed by atoms with Gasteiger partial charge in [-0.3, -0.25) is 9.59 Å². The van der Waals surface area contributed by atoms with E-state index in [0.717, 1.165) is 6.20 Å². The fraction of sp³-hybridized carbons (Fsp3) is 0.455. The van der Waals surface area contributed by atoms with E-state index in [2.05, 4.69) is 14.5 Å². The number of halogens is 2. The summed E-state index contributed by atoms with van der Waals surface area (Å²) in [4.78, 5) is 25.3. The summed E-state index contributed by atoms with van der Waals surface area (Å²) in [6.07, 6.45) is -2.26. The summed E-state index contributed by atoms with van der Waals surface area (Å²) in [6, 6.07) is 0. The zero-order valence-corrected chi connectivity index (χ0v) is 9.96. The van der Waals surface area contributed by atoms with Crippen LogP contribution < -0.4 is 10.2 Å². The number of alkyl halides is 2. The zero-order valence-electron chi connectivity index (χ0n) is 9.96. The first-order valence-electron chi connectivity index (χ1n) is 5.23. The Morgan fingerprint density at radius 1 is 1.50 bits per heavy atom. The van der Waals surface area contributed by atoms with E-state index in [1.807, 2.05) is 0 Å². The average Bonchev–Trinajstić information content (AvgIpc) is 2.29. The predicted octanol–water partition coefficient (Wildman–Crippen LogP) is 1.43. The first-order chi connectivity index (χ1) is 8.51. The molecule has 1 aromatic heterocycles. The minimum Gasteiger partial charge on any atom is -0.491 e. The predicted molar refractivity (Wildman–Crippen MR) is 58.9 cm³/mol. The molecular weight excluding hydrogens is 248 g/mol. The monoisotopic (exact) mass is 261 g/mol. The van der Waals surface area contributed by atoms with Crippen molar-refractivity contribution in [3.63, 3.8) is 0 Å². The molecule has 0 amide bonds. The van der Waals surface area contributed by atoms with Crippen LogP contribution >= 0.6 is 0 Å². The maximum absolute atomic E-state index is 12.8. The van der Waals surface area contributed by atoms with E-state index in [-0.39, 0.29) is 18.1 Å². The van der Waals surface area contributed by atoms with E-state index in [1.54, 1.807) is 6.92 Å². The second-order valence-electron chi connectivity index (χ2n) is 3.36. The molecule has 0 aromatic carbocycles. The summed E-state index contributed by atoms with van der Waals surface area (Å²) >= 11 is 0. The maximum Gasteiger partial charge on any atom is 0.311 e. The molecule has 1 heterocycles. The van der Waals surface area contributed by atoms with Crippen molar-refractivity contribution in [2.75, 3.05) is 13.7 Å². The molecule has 0 spiro atoms. The van der Waals surface area contributed by atoms with Gasteiger partial charge in [0.1, 0.15) is 0 Å². The average molecular weight is 261 g/mol. The van der Waals surface area contributed by atoms with Crippen LogP contribution in [0.25, 0.3) is 0 Å². The van der Waals surface area contributed by atoms with Crippen molar-refractivity contribution in [2.45, 2.75) is 19.8 Å². The fourth-order valence-electron chi connectivity index (χ4n) is 1.45. The molecule has 0 aliphatic rings. The van der Waals surface area contributed by atoms with Crippen LogP contribution in [-0.2, 0) is 16.0 Å². The van der Waals surface area contributed by atoms with E-state index in [4.69, 9.17) is 0 Å². The Hall–Kier alpha value is -1.92. The highest BCUT2D eigenvalue weighted by Gasteiger charge is 2.22. The number of aromatic nitrogens is 1. The highest BCUT2D eigenvalue weighted by Crippen LogP contribution is 2.20. The Kier molecular flexibility index (Phi) is 4.82. The van der Waals surface area contributed by atoms with Gasteiger partial charge in [0.25, 0.3) is 6.43 Å². The molecule has 0 aliphatic heterocycles. The largest absolute Gasteiger partial charge is 0.491 e. The van der Waals surface area contributed by atoms with Gasteiger partial charge in [0.2, 0.25) is 5.43 Å². The van der Waals surface area contributed by atoms with Crippen LogP contribution in [0, 0.1) is 0 Å². The normalized spacial score (nSPS) is 10.5. The Morgan fingerprint density at radius 2 is 2.17 bits per heavy atom. The summed E-state index contributed by atoms with van der Waals surface area (Å²) in [7, 11) is 1.20. The molecule has 0 radical (unpaired) electrons. The molecule has 1 rings (SSSR count). The van der Waals surface area contributed by atoms with E-state index in [1.165, 1.54) is 7.11 Å². The topological polar surface area (TPSA) is 68.4 Å². The second-order valence-corrected chi connectivity index (χ2v) is 3.36. The molecule has 1 N–H and O–H groups in total. The number of hydrogen-bond acceptors (Lipinski definition) is 4. The number of esters is 1. The van der Waals surface area contributed by atoms with Crippen LogP contribution in [0.3, 0.4) is 0 Å². The minimum atomic E-state index is -2.99. The van der Waals surface area contributed by atoms with Gasteiger partial charge in [0, 0.05) is 11.9 Å². The molecule has 100 valence electrons. The van der Waals surface area contributed by atoms with Gasteiger partial charge in [-0.15, -0.1) is 0 Å². The summed E-state index contributed by atoms with van der Waals surface area (Å²) in [5, 5.41) is 0. The fourth-order valence-corrected chi connectivity index (χ4v) is 1.45. The Morgan fingerprint density at radius 3 is 2.67 bits per heavy atom. The first kappa shape index (κ1) is 14.1. The highest BCUT2D eigenvalue weighted by molar-refractivity contribution is 5.72. The number of H-pyrrole nitrogens is 1. The lowest BCUT2D eigenvalue weighted by Crippen LogP contribution is -2.19. The van der Waals surface area contributed by atoms with Crippen LogP contribution in [-0.4, -0.2) is 24.7 Å². The van der Waals surface area contributed by atoms with Crippen LogP contribution in [0.4, 0.5) is 8.78 Å². The van der Waals surface area contributed by atoms with Crippen molar-refractivity contribution in [2.24, 2.45) is 0 Å². The molecule has 18 heavy (non-hydrogen) atoms. The van der Waals surface area contributed by atoms with Gasteiger partial charge in [-0.1, -0.05) is 0 Å². The van der Waals surface area contributed by atoms with Gasteiger partial charge >= 0.3 is 5.97 Å². The van der Waals surface area contributed by atoms with Crippen molar-refractivity contribution in [1.82, 2.24) is 4.98 Å². The quantitative estimate of drug-likeness (QED) is 0.814. The molecular formula is C11H13F2NO4. The lowest BCUT2D eigenvalue weighted by atomic mass is 10.1. The summed E-state index contributed by atoms with van der Waals surface area (Å²) in [6.45, 7) is 1.74. The van der Waals surface area contributed by atoms with Gasteiger partial charge in [-0.25, -0.2) is 8.78 Å². The molecule has 7 heteroatoms. The third kappa shape index (κ3) is 3.06. The smallest absolute Gasteiger partial charge is 0.311 e. The van der Waals surface area contributed by atoms with Crippen LogP contribution in [0.15, 0.2) is 11.0 Å². The van der Waals surface area contributed by atoms with Crippen molar-refractivity contribution >= 4 is 5.97 Å². The van der Waals surface area contributed by atoms with Gasteiger partial charge < -0.3 is 14.5 Å². The minimum absolute atomic E-state index is 0.142. The Bertz CT molecular complexity index is 484. The number of methoxy groups -OCH3 is 1. The molecule has 0 bridgehead atoms. The molecule has 0 unspecified atom stereocenters. The standard InChI is InChI=1S/C11H13F2NO4/c1-3-18-8(15)4-6-9(11(12)13)10(16)7(17-2)5-14-6/h5,11H,3-4H2,1-2H3,(H,14,16). The van der Waals surface area contributed by atoms with Crippen molar-refractivity contribution in [3.05, 3.63) is 27.7 Å². The van der Waals surface area contributed by atoms with E-state index < -0.39 is 29.8 Å². The number of carbonyl (C=O) groups excluding carboxylic acids is 1. The molecule has 0 atom stereocenters. The third-order valence-corrected chi connectivity index (χ3v) is 2.24. The van der Waals surface area contributed by atoms with Crippen molar-refractivity contribution in [3.8, 4) is 5.75 Å². The molecule has 0 saturated carbocycles. The van der Waals surface area contributed by atoms with Crippen LogP contribution in [0.2, 0.25) is 0 Å².